The second-order valence-corrected chi connectivity index (χ2v) is 24.1. The number of quaternary nitrogens is 1. The summed E-state index contributed by atoms with van der Waals surface area (Å²) in [5.74, 6) is -0.586. The van der Waals surface area contributed by atoms with Crippen molar-refractivity contribution in [3.05, 3.63) is 85.1 Å². The summed E-state index contributed by atoms with van der Waals surface area (Å²) in [5, 5.41) is 3.02. The lowest BCUT2D eigenvalue weighted by atomic mass is 10.0. The van der Waals surface area contributed by atoms with Crippen LogP contribution in [0.2, 0.25) is 0 Å². The average Bonchev–Trinajstić information content (AvgIpc) is 3.39. The van der Waals surface area contributed by atoms with E-state index in [0.29, 0.717) is 23.9 Å². The van der Waals surface area contributed by atoms with Crippen LogP contribution in [0.15, 0.2) is 85.1 Å². The van der Waals surface area contributed by atoms with E-state index < -0.39 is 26.6 Å². The van der Waals surface area contributed by atoms with Crippen LogP contribution in [-0.4, -0.2) is 69.4 Å². The van der Waals surface area contributed by atoms with Crippen molar-refractivity contribution in [3.8, 4) is 0 Å². The lowest BCUT2D eigenvalue weighted by Crippen LogP contribution is -2.47. The first-order valence-electron chi connectivity index (χ1n) is 32.0. The van der Waals surface area contributed by atoms with E-state index in [1.54, 1.807) is 0 Å². The average molecular weight is 1100 g/mol. The van der Waals surface area contributed by atoms with Gasteiger partial charge in [-0.1, -0.05) is 299 Å². The van der Waals surface area contributed by atoms with E-state index in [2.05, 4.69) is 38.2 Å². The van der Waals surface area contributed by atoms with Crippen LogP contribution in [0.1, 0.15) is 278 Å². The van der Waals surface area contributed by atoms with Crippen molar-refractivity contribution in [1.82, 2.24) is 5.32 Å². The Morgan fingerprint density at radius 3 is 1.26 bits per heavy atom. The Kier molecular flexibility index (Phi) is 54.4. The number of hydrogen-bond donors (Lipinski definition) is 1. The van der Waals surface area contributed by atoms with Crippen molar-refractivity contribution in [3.63, 3.8) is 0 Å². The van der Waals surface area contributed by atoms with Crippen LogP contribution in [-0.2, 0) is 27.9 Å². The van der Waals surface area contributed by atoms with Crippen molar-refractivity contribution in [2.24, 2.45) is 0 Å². The van der Waals surface area contributed by atoms with Gasteiger partial charge in [-0.25, -0.2) is 0 Å². The predicted molar refractivity (Wildman–Crippen MR) is 330 cm³/mol. The van der Waals surface area contributed by atoms with Gasteiger partial charge in [-0.05, 0) is 51.0 Å². The van der Waals surface area contributed by atoms with E-state index >= 15 is 0 Å². The topological polar surface area (TPSA) is 114 Å². The van der Waals surface area contributed by atoms with E-state index in [1.807, 2.05) is 94.1 Å². The molecule has 0 fully saturated rings. The molecule has 1 amide bonds. The summed E-state index contributed by atoms with van der Waals surface area (Å²) in [6.07, 6.45) is 74.1. The number of phosphoric ester groups is 1. The monoisotopic (exact) mass is 1100 g/mol. The minimum Gasteiger partial charge on any atom is -0.756 e. The Balaban J connectivity index is 5.29. The van der Waals surface area contributed by atoms with Gasteiger partial charge in [0.25, 0.3) is 7.82 Å². The third kappa shape index (κ3) is 57.7. The molecule has 0 aliphatic heterocycles. The molecular weight excluding hydrogens is 976 g/mol. The summed E-state index contributed by atoms with van der Waals surface area (Å²) in [4.78, 5) is 40.0. The number of unbranched alkanes of at least 4 members (excludes halogenated alkanes) is 34. The molecule has 0 bridgehead atoms. The summed E-state index contributed by atoms with van der Waals surface area (Å²) in [7, 11) is 1.16. The lowest BCUT2D eigenvalue weighted by Gasteiger charge is -2.30. The van der Waals surface area contributed by atoms with Gasteiger partial charge in [0.05, 0.1) is 33.8 Å². The van der Waals surface area contributed by atoms with Gasteiger partial charge in [0, 0.05) is 12.8 Å². The Labute approximate surface area is 476 Å². The second-order valence-electron chi connectivity index (χ2n) is 22.7. The molecule has 0 aromatic rings. The fourth-order valence-corrected chi connectivity index (χ4v) is 9.81. The lowest BCUT2D eigenvalue weighted by molar-refractivity contribution is -0.870. The van der Waals surface area contributed by atoms with E-state index in [1.165, 1.54) is 173 Å². The number of allylic oxidation sites excluding steroid dienone is 13. The fraction of sp³-hybridized carbons (Fsp3) is 0.761. The third-order valence-electron chi connectivity index (χ3n) is 14.0. The minimum absolute atomic E-state index is 0.0321. The first-order chi connectivity index (χ1) is 37.4. The number of amides is 1. The molecule has 0 spiro atoms. The largest absolute Gasteiger partial charge is 0.756 e. The molecule has 9 nitrogen and oxygen atoms in total. The van der Waals surface area contributed by atoms with Crippen LogP contribution >= 0.6 is 7.82 Å². The molecule has 0 saturated heterocycles. The van der Waals surface area contributed by atoms with Gasteiger partial charge in [0.15, 0.2) is 0 Å². The van der Waals surface area contributed by atoms with Crippen molar-refractivity contribution in [2.45, 2.75) is 290 Å². The molecule has 1 N–H and O–H groups in total. The van der Waals surface area contributed by atoms with Gasteiger partial charge in [0.1, 0.15) is 19.3 Å². The van der Waals surface area contributed by atoms with Crippen LogP contribution in [0, 0.1) is 0 Å². The number of nitrogens with zero attached hydrogens (tertiary/aromatic N) is 1. The maximum absolute atomic E-state index is 13.6. The maximum Gasteiger partial charge on any atom is 0.306 e. The van der Waals surface area contributed by atoms with Gasteiger partial charge in [-0.3, -0.25) is 14.2 Å². The molecule has 3 unspecified atom stereocenters. The van der Waals surface area contributed by atoms with Crippen molar-refractivity contribution in [1.29, 1.82) is 0 Å². The zero-order chi connectivity index (χ0) is 56.4. The van der Waals surface area contributed by atoms with Gasteiger partial charge >= 0.3 is 5.97 Å². The molecule has 0 saturated carbocycles. The second kappa shape index (κ2) is 56.5. The molecule has 77 heavy (non-hydrogen) atoms. The summed E-state index contributed by atoms with van der Waals surface area (Å²) in [6, 6.07) is -0.909. The number of carbonyl (C=O) groups excluding carboxylic acids is 2. The maximum atomic E-state index is 13.6. The van der Waals surface area contributed by atoms with Crippen LogP contribution in [0.4, 0.5) is 0 Å². The minimum atomic E-state index is -4.71. The SMILES string of the molecule is CC\C=C/C=C/C=C/C=C\C=C\C=C\CCCCCC(=O)OC(/C=C/CCCCCCCCCCCCC)C(COP(=O)([O-])OCC[N+](C)(C)C)NC(=O)CCCCCCCCCCCCCCCCCCCCCCC. The van der Waals surface area contributed by atoms with Gasteiger partial charge < -0.3 is 28.5 Å². The van der Waals surface area contributed by atoms with Crippen LogP contribution in [0.25, 0.3) is 0 Å². The molecule has 446 valence electrons. The Bertz CT molecular complexity index is 1590. The standard InChI is InChI=1S/C67H121N2O7P/c1-7-10-13-16-19-22-25-28-30-32-33-34-35-37-38-41-44-47-50-53-56-59-66(70)68-64(63-75-77(72,73)74-62-61-69(4,5)6)65(58-55-52-49-46-43-40-27-24-21-18-15-12-9-3)76-67(71)60-57-54-51-48-45-42-39-36-31-29-26-23-20-17-14-11-8-2/h11,14,17,20,23,26,29,31,36,39,42,45,55,58,64-65H,7-10,12-13,15-16,18-19,21-22,24-25,27-28,30,32-35,37-38,40-41,43-44,46-54,56-57,59-63H2,1-6H3,(H-,68,70,72,73)/b14-11-,20-17+,26-23+,31-29-,39-36+,45-42+,58-55+. The molecule has 10 heteroatoms. The molecule has 3 atom stereocenters. The smallest absolute Gasteiger partial charge is 0.306 e. The van der Waals surface area contributed by atoms with Crippen LogP contribution < -0.4 is 10.2 Å². The predicted octanol–water partition coefficient (Wildman–Crippen LogP) is 19.1. The quantitative estimate of drug-likeness (QED) is 0.0161. The molecule has 0 heterocycles. The molecule has 0 aromatic carbocycles. The van der Waals surface area contributed by atoms with Gasteiger partial charge in [-0.15, -0.1) is 0 Å². The number of carbonyl (C=O) groups is 2. The summed E-state index contributed by atoms with van der Waals surface area (Å²) < 4.78 is 30.3. The number of rotatable bonds is 57. The van der Waals surface area contributed by atoms with E-state index in [-0.39, 0.29) is 24.9 Å². The van der Waals surface area contributed by atoms with E-state index in [4.69, 9.17) is 13.8 Å². The van der Waals surface area contributed by atoms with Crippen molar-refractivity contribution < 1.29 is 37.3 Å². The highest BCUT2D eigenvalue weighted by molar-refractivity contribution is 7.45. The van der Waals surface area contributed by atoms with Crippen LogP contribution in [0.5, 0.6) is 0 Å². The van der Waals surface area contributed by atoms with Gasteiger partial charge in [0.2, 0.25) is 5.91 Å². The summed E-state index contributed by atoms with van der Waals surface area (Å²) in [5.41, 5.74) is 0. The highest BCUT2D eigenvalue weighted by Gasteiger charge is 2.27. The fourth-order valence-electron chi connectivity index (χ4n) is 9.08. The van der Waals surface area contributed by atoms with Gasteiger partial charge in [-0.2, -0.15) is 0 Å². The van der Waals surface area contributed by atoms with Crippen molar-refractivity contribution >= 4 is 19.7 Å². The Morgan fingerprint density at radius 2 is 0.831 bits per heavy atom. The number of phosphoric acid groups is 1. The normalized spacial score (nSPS) is 14.2. The molecule has 0 rings (SSSR count). The molecule has 0 aliphatic rings. The zero-order valence-electron chi connectivity index (χ0n) is 50.9. The molecule has 0 aromatic heterocycles. The van der Waals surface area contributed by atoms with Crippen molar-refractivity contribution in [2.75, 3.05) is 40.9 Å². The number of hydrogen-bond acceptors (Lipinski definition) is 7. The first kappa shape index (κ1) is 74.2. The van der Waals surface area contributed by atoms with Crippen LogP contribution in [0.3, 0.4) is 0 Å². The number of esters is 1. The number of nitrogens with one attached hydrogen (secondary N) is 1. The zero-order valence-corrected chi connectivity index (χ0v) is 51.8. The van der Waals surface area contributed by atoms with E-state index in [0.717, 1.165) is 64.2 Å². The molecular formula is C67H121N2O7P. The Morgan fingerprint density at radius 1 is 0.468 bits per heavy atom. The summed E-state index contributed by atoms with van der Waals surface area (Å²) >= 11 is 0. The first-order valence-corrected chi connectivity index (χ1v) is 33.4. The third-order valence-corrected chi connectivity index (χ3v) is 15.0. The highest BCUT2D eigenvalue weighted by Crippen LogP contribution is 2.38. The number of ether oxygens (including phenoxy) is 1. The number of likely N-dealkylation sites (N-methyl/N-ethyl adjacent to an activating group) is 1. The molecule has 0 radical (unpaired) electrons. The summed E-state index contributed by atoms with van der Waals surface area (Å²) in [6.45, 7) is 6.69. The Hall–Kier alpha value is -2.81. The highest BCUT2D eigenvalue weighted by atomic mass is 31.2. The molecule has 0 aliphatic carbocycles. The van der Waals surface area contributed by atoms with E-state index in [9.17, 15) is 19.0 Å².